The van der Waals surface area contributed by atoms with Crippen LogP contribution >= 0.6 is 22.6 Å². The average Bonchev–Trinajstić information content (AvgIpc) is 2.74. The summed E-state index contributed by atoms with van der Waals surface area (Å²) < 4.78 is 22.7. The molecule has 9 heteroatoms. The van der Waals surface area contributed by atoms with Crippen LogP contribution in [0.4, 0.5) is 10.3 Å². The van der Waals surface area contributed by atoms with Gasteiger partial charge < -0.3 is 19.7 Å². The highest BCUT2D eigenvalue weighted by molar-refractivity contribution is 14.1. The van der Waals surface area contributed by atoms with E-state index in [1.54, 1.807) is 18.2 Å². The maximum atomic E-state index is 14.7. The Morgan fingerprint density at radius 2 is 2.16 bits per heavy atom. The van der Waals surface area contributed by atoms with E-state index in [0.717, 1.165) is 17.4 Å². The molecule has 0 spiro atoms. The Hall–Kier alpha value is -2.11. The van der Waals surface area contributed by atoms with Gasteiger partial charge in [0.25, 0.3) is 0 Å². The molecule has 164 valence electrons. The fourth-order valence-corrected chi connectivity index (χ4v) is 4.55. The number of nitrogens with zero attached hydrogens (tertiary/aromatic N) is 3. The van der Waals surface area contributed by atoms with Gasteiger partial charge in [-0.3, -0.25) is 4.79 Å². The minimum atomic E-state index is -0.683. The first kappa shape index (κ1) is 22.1. The summed E-state index contributed by atoms with van der Waals surface area (Å²) in [7, 11) is 0. The van der Waals surface area contributed by atoms with Crippen LogP contribution in [0.1, 0.15) is 32.0 Å². The van der Waals surface area contributed by atoms with Crippen molar-refractivity contribution in [3.63, 3.8) is 0 Å². The number of anilines is 1. The topological polar surface area (TPSA) is 89.3 Å². The van der Waals surface area contributed by atoms with Crippen LogP contribution in [0.2, 0.25) is 0 Å². The monoisotopic (exact) mass is 538 g/mol. The molecular formula is C22H24FIN4O3. The molecule has 2 atom stereocenters. The van der Waals surface area contributed by atoms with Gasteiger partial charge in [-0.2, -0.15) is 0 Å². The Morgan fingerprint density at radius 3 is 2.87 bits per heavy atom. The predicted molar refractivity (Wildman–Crippen MR) is 126 cm³/mol. The first-order valence-corrected chi connectivity index (χ1v) is 11.3. The summed E-state index contributed by atoms with van der Waals surface area (Å²) in [4.78, 5) is 21.2. The normalized spacial score (nSPS) is 19.2. The van der Waals surface area contributed by atoms with Gasteiger partial charge in [0.1, 0.15) is 5.69 Å². The molecule has 31 heavy (non-hydrogen) atoms. The quantitative estimate of drug-likeness (QED) is 0.494. The lowest BCUT2D eigenvalue weighted by molar-refractivity contribution is -0.0136. The molecule has 2 N–H and O–H groups in total. The van der Waals surface area contributed by atoms with Crippen LogP contribution in [-0.4, -0.2) is 45.0 Å². The van der Waals surface area contributed by atoms with E-state index >= 15 is 0 Å². The van der Waals surface area contributed by atoms with Gasteiger partial charge >= 0.3 is 0 Å². The molecule has 0 bridgehead atoms. The van der Waals surface area contributed by atoms with Crippen LogP contribution in [0.3, 0.4) is 0 Å². The number of nitrogens with one attached hydrogen (secondary N) is 1. The lowest BCUT2D eigenvalue weighted by Crippen LogP contribution is -2.42. The molecule has 1 aliphatic heterocycles. The molecule has 1 saturated heterocycles. The third-order valence-electron chi connectivity index (χ3n) is 5.55. The number of rotatable bonds is 4. The van der Waals surface area contributed by atoms with Crippen LogP contribution in [0, 0.1) is 16.3 Å². The number of ether oxygens (including phenoxy) is 1. The Balaban J connectivity index is 1.80. The number of hydrogen-bond acceptors (Lipinski definition) is 6. The van der Waals surface area contributed by atoms with Gasteiger partial charge in [0.15, 0.2) is 5.82 Å². The van der Waals surface area contributed by atoms with Gasteiger partial charge in [0.2, 0.25) is 11.4 Å². The van der Waals surface area contributed by atoms with Gasteiger partial charge in [-0.25, -0.2) is 14.4 Å². The van der Waals surface area contributed by atoms with Crippen molar-refractivity contribution < 1.29 is 14.2 Å². The third-order valence-corrected chi connectivity index (χ3v) is 6.83. The van der Waals surface area contributed by atoms with E-state index in [0.29, 0.717) is 27.5 Å². The highest BCUT2D eigenvalue weighted by atomic mass is 127. The first-order valence-electron chi connectivity index (χ1n) is 10.2. The van der Waals surface area contributed by atoms with E-state index in [4.69, 9.17) is 4.74 Å². The molecule has 1 fully saturated rings. The Morgan fingerprint density at radius 1 is 1.39 bits per heavy atom. The number of aliphatic hydroxyl groups excluding tert-OH is 1. The van der Waals surface area contributed by atoms with Crippen molar-refractivity contribution in [2.45, 2.75) is 45.4 Å². The number of benzene rings is 1. The van der Waals surface area contributed by atoms with Crippen LogP contribution in [0.5, 0.6) is 0 Å². The second kappa shape index (κ2) is 8.79. The fourth-order valence-electron chi connectivity index (χ4n) is 4.00. The highest BCUT2D eigenvalue weighted by Gasteiger charge is 2.25. The van der Waals surface area contributed by atoms with Gasteiger partial charge in [-0.05, 0) is 61.9 Å². The zero-order chi connectivity index (χ0) is 22.3. The lowest BCUT2D eigenvalue weighted by Gasteiger charge is -2.28. The van der Waals surface area contributed by atoms with Gasteiger partial charge in [-0.15, -0.1) is 0 Å². The number of pyridine rings is 1. The molecule has 0 amide bonds. The first-order chi connectivity index (χ1) is 14.8. The SMILES string of the molecule is Cc1c(I)c(=O)c2ccc(-c3nc(N[C@@H]4CCOC[C@H]4O)ncc3F)cc2n1C(C)C. The molecule has 0 aliphatic carbocycles. The van der Waals surface area contributed by atoms with Crippen molar-refractivity contribution in [2.24, 2.45) is 0 Å². The van der Waals surface area contributed by atoms with Crippen LogP contribution in [-0.2, 0) is 4.74 Å². The minimum absolute atomic E-state index is 0.0319. The van der Waals surface area contributed by atoms with E-state index in [1.807, 2.05) is 20.8 Å². The molecule has 0 unspecified atom stereocenters. The van der Waals surface area contributed by atoms with E-state index in [9.17, 15) is 14.3 Å². The standard InChI is InChI=1S/C22H24FIN4O3/c1-11(2)28-12(3)19(24)21(30)14-5-4-13(8-17(14)28)20-15(23)9-25-22(27-20)26-16-6-7-31-10-18(16)29/h4-5,8-9,11,16,18,29H,6-7,10H2,1-3H3,(H,25,26,27)/t16-,18-/m1/s1. The van der Waals surface area contributed by atoms with Gasteiger partial charge in [-0.1, -0.05) is 6.07 Å². The number of halogens is 2. The Kier molecular flexibility index (Phi) is 6.27. The second-order valence-corrected chi connectivity index (χ2v) is 9.07. The highest BCUT2D eigenvalue weighted by Crippen LogP contribution is 2.28. The number of aliphatic hydroxyl groups is 1. The van der Waals surface area contributed by atoms with Crippen molar-refractivity contribution >= 4 is 39.4 Å². The molecule has 3 heterocycles. The van der Waals surface area contributed by atoms with Crippen molar-refractivity contribution in [2.75, 3.05) is 18.5 Å². The molecule has 1 aliphatic rings. The molecular weight excluding hydrogens is 514 g/mol. The molecule has 0 saturated carbocycles. The lowest BCUT2D eigenvalue weighted by atomic mass is 10.1. The second-order valence-electron chi connectivity index (χ2n) is 8.00. The van der Waals surface area contributed by atoms with E-state index in [-0.39, 0.29) is 35.8 Å². The number of hydrogen-bond donors (Lipinski definition) is 2. The molecule has 3 aromatic rings. The summed E-state index contributed by atoms with van der Waals surface area (Å²) in [5.74, 6) is -0.319. The summed E-state index contributed by atoms with van der Waals surface area (Å²) in [5, 5.41) is 13.8. The van der Waals surface area contributed by atoms with Crippen molar-refractivity contribution in [1.29, 1.82) is 0 Å². The van der Waals surface area contributed by atoms with E-state index in [2.05, 4.69) is 42.4 Å². The summed E-state index contributed by atoms with van der Waals surface area (Å²) in [6.45, 7) is 6.78. The van der Waals surface area contributed by atoms with Crippen molar-refractivity contribution in [1.82, 2.24) is 14.5 Å². The summed E-state index contributed by atoms with van der Waals surface area (Å²) in [6, 6.07) is 5.09. The van der Waals surface area contributed by atoms with Crippen LogP contribution < -0.4 is 10.7 Å². The fraction of sp³-hybridized carbons (Fsp3) is 0.409. The molecule has 7 nitrogen and oxygen atoms in total. The van der Waals surface area contributed by atoms with Crippen molar-refractivity contribution in [3.8, 4) is 11.3 Å². The Labute approximate surface area is 192 Å². The van der Waals surface area contributed by atoms with E-state index in [1.165, 1.54) is 0 Å². The maximum absolute atomic E-state index is 14.7. The summed E-state index contributed by atoms with van der Waals surface area (Å²) in [5.41, 5.74) is 2.28. The third kappa shape index (κ3) is 4.18. The number of fused-ring (bicyclic) bond motifs is 1. The molecule has 4 rings (SSSR count). The smallest absolute Gasteiger partial charge is 0.223 e. The molecule has 0 radical (unpaired) electrons. The summed E-state index contributed by atoms with van der Waals surface area (Å²) in [6.07, 6.45) is 1.04. The van der Waals surface area contributed by atoms with Crippen molar-refractivity contribution in [3.05, 3.63) is 49.7 Å². The summed E-state index contributed by atoms with van der Waals surface area (Å²) >= 11 is 2.08. The van der Waals surface area contributed by atoms with E-state index < -0.39 is 11.9 Å². The Bertz CT molecular complexity index is 1200. The minimum Gasteiger partial charge on any atom is -0.389 e. The zero-order valence-electron chi connectivity index (χ0n) is 17.5. The zero-order valence-corrected chi connectivity index (χ0v) is 19.7. The number of aromatic nitrogens is 3. The van der Waals surface area contributed by atoms with Gasteiger partial charge in [0.05, 0.1) is 34.0 Å². The maximum Gasteiger partial charge on any atom is 0.223 e. The molecule has 2 aromatic heterocycles. The van der Waals surface area contributed by atoms with Crippen LogP contribution in [0.25, 0.3) is 22.2 Å². The average molecular weight is 538 g/mol. The molecule has 1 aromatic carbocycles. The largest absolute Gasteiger partial charge is 0.389 e. The predicted octanol–water partition coefficient (Wildman–Crippen LogP) is 3.65. The van der Waals surface area contributed by atoms with Gasteiger partial charge in [0, 0.05) is 29.3 Å². The van der Waals surface area contributed by atoms with Crippen LogP contribution in [0.15, 0.2) is 29.2 Å².